The third-order valence-corrected chi connectivity index (χ3v) is 3.41. The fraction of sp³-hybridized carbons (Fsp3) is 0.778. The van der Waals surface area contributed by atoms with Crippen molar-refractivity contribution in [2.45, 2.75) is 37.6 Å². The number of aliphatic hydroxyl groups is 1. The first-order valence-electron chi connectivity index (χ1n) is 5.24. The van der Waals surface area contributed by atoms with Gasteiger partial charge in [-0.2, -0.15) is 23.3 Å². The Bertz CT molecular complexity index is 384. The van der Waals surface area contributed by atoms with E-state index in [-0.39, 0.29) is 6.42 Å². The predicted molar refractivity (Wildman–Crippen MR) is 59.0 cm³/mol. The van der Waals surface area contributed by atoms with Gasteiger partial charge in [0.15, 0.2) is 5.11 Å². The Labute approximate surface area is 101 Å². The molecule has 0 unspecified atom stereocenters. The van der Waals surface area contributed by atoms with Crippen molar-refractivity contribution >= 4 is 23.0 Å². The van der Waals surface area contributed by atoms with Crippen LogP contribution < -0.4 is 5.73 Å². The van der Waals surface area contributed by atoms with E-state index >= 15 is 0 Å². The molecule has 1 heterocycles. The normalized spacial score (nSPS) is 33.3. The molecule has 0 radical (unpaired) electrons. The Kier molecular flexibility index (Phi) is 2.81. The molecule has 17 heavy (non-hydrogen) atoms. The van der Waals surface area contributed by atoms with Crippen molar-refractivity contribution in [3.63, 3.8) is 0 Å². The number of alkyl halides is 3. The van der Waals surface area contributed by atoms with E-state index in [4.69, 9.17) is 5.73 Å². The zero-order chi connectivity index (χ0) is 12.8. The Hall–Kier alpha value is -0.890. The maximum Gasteiger partial charge on any atom is 0.439 e. The quantitative estimate of drug-likeness (QED) is 0.650. The van der Waals surface area contributed by atoms with Gasteiger partial charge in [-0.05, 0) is 31.5 Å². The topological polar surface area (TPSA) is 61.8 Å². The highest BCUT2D eigenvalue weighted by atomic mass is 32.1. The summed E-state index contributed by atoms with van der Waals surface area (Å²) in [6, 6.07) is 0. The lowest BCUT2D eigenvalue weighted by Crippen LogP contribution is -2.62. The summed E-state index contributed by atoms with van der Waals surface area (Å²) in [4.78, 5) is 0. The van der Waals surface area contributed by atoms with Gasteiger partial charge in [-0.1, -0.05) is 6.42 Å². The third-order valence-electron chi connectivity index (χ3n) is 3.24. The summed E-state index contributed by atoms with van der Waals surface area (Å²) in [6.45, 7) is 0. The van der Waals surface area contributed by atoms with Gasteiger partial charge in [0.1, 0.15) is 0 Å². The first-order valence-corrected chi connectivity index (χ1v) is 5.65. The van der Waals surface area contributed by atoms with Crippen molar-refractivity contribution < 1.29 is 18.3 Å². The third kappa shape index (κ3) is 1.70. The highest BCUT2D eigenvalue weighted by Crippen LogP contribution is 2.47. The largest absolute Gasteiger partial charge is 0.439 e. The second-order valence-electron chi connectivity index (χ2n) is 4.26. The molecule has 2 atom stereocenters. The van der Waals surface area contributed by atoms with Crippen LogP contribution in [0.15, 0.2) is 5.10 Å². The van der Waals surface area contributed by atoms with Gasteiger partial charge in [0, 0.05) is 5.71 Å². The number of nitrogens with two attached hydrogens (primary N) is 1. The fourth-order valence-electron chi connectivity index (χ4n) is 2.44. The van der Waals surface area contributed by atoms with Crippen molar-refractivity contribution in [3.05, 3.63) is 0 Å². The number of fused-ring (bicyclic) bond motifs is 1. The number of halogens is 3. The van der Waals surface area contributed by atoms with Gasteiger partial charge in [0.2, 0.25) is 0 Å². The number of thiocarbonyl (C=S) groups is 1. The van der Waals surface area contributed by atoms with Gasteiger partial charge in [-0.25, -0.2) is 0 Å². The molecule has 96 valence electrons. The number of hydrazone groups is 1. The van der Waals surface area contributed by atoms with Crippen LogP contribution in [0.25, 0.3) is 0 Å². The van der Waals surface area contributed by atoms with Crippen LogP contribution in [0.3, 0.4) is 0 Å². The van der Waals surface area contributed by atoms with Crippen LogP contribution in [0.4, 0.5) is 13.2 Å². The Morgan fingerprint density at radius 2 is 2.18 bits per heavy atom. The van der Waals surface area contributed by atoms with Crippen LogP contribution in [-0.2, 0) is 0 Å². The molecule has 0 aromatic carbocycles. The molecule has 4 nitrogen and oxygen atoms in total. The summed E-state index contributed by atoms with van der Waals surface area (Å²) in [7, 11) is 0. The Balaban J connectivity index is 2.45. The number of hydrogen-bond donors (Lipinski definition) is 2. The van der Waals surface area contributed by atoms with Crippen molar-refractivity contribution in [3.8, 4) is 0 Å². The van der Waals surface area contributed by atoms with E-state index in [9.17, 15) is 18.3 Å². The lowest BCUT2D eigenvalue weighted by Gasteiger charge is -2.38. The van der Waals surface area contributed by atoms with Crippen LogP contribution in [0.2, 0.25) is 0 Å². The molecule has 1 saturated carbocycles. The lowest BCUT2D eigenvalue weighted by molar-refractivity contribution is -0.309. The molecular formula is C9H12F3N3OS. The smallest absolute Gasteiger partial charge is 0.375 e. The number of nitrogens with zero attached hydrogens (tertiary/aromatic N) is 2. The summed E-state index contributed by atoms with van der Waals surface area (Å²) in [5.41, 5.74) is 2.48. The van der Waals surface area contributed by atoms with Crippen molar-refractivity contribution in [2.75, 3.05) is 0 Å². The summed E-state index contributed by atoms with van der Waals surface area (Å²) in [5.74, 6) is -1.06. The van der Waals surface area contributed by atoms with Crippen molar-refractivity contribution in [1.82, 2.24) is 5.01 Å². The molecule has 2 rings (SSSR count). The number of rotatable bonds is 0. The summed E-state index contributed by atoms with van der Waals surface area (Å²) < 4.78 is 39.1. The van der Waals surface area contributed by atoms with E-state index in [1.807, 2.05) is 0 Å². The molecular weight excluding hydrogens is 255 g/mol. The summed E-state index contributed by atoms with van der Waals surface area (Å²) in [5, 5.41) is 13.5. The highest BCUT2D eigenvalue weighted by molar-refractivity contribution is 7.80. The van der Waals surface area contributed by atoms with Crippen LogP contribution in [0.5, 0.6) is 0 Å². The van der Waals surface area contributed by atoms with Crippen LogP contribution in [0, 0.1) is 5.92 Å². The average molecular weight is 267 g/mol. The first kappa shape index (κ1) is 12.6. The molecule has 1 fully saturated rings. The molecule has 2 aliphatic rings. The SMILES string of the molecule is NC(=S)N1N=C2CCCC[C@@H]2[C@]1(O)C(F)(F)F. The highest BCUT2D eigenvalue weighted by Gasteiger charge is 2.67. The van der Waals surface area contributed by atoms with Crippen molar-refractivity contribution in [2.24, 2.45) is 16.8 Å². The van der Waals surface area contributed by atoms with Crippen LogP contribution in [-0.4, -0.2) is 32.8 Å². The molecule has 0 saturated heterocycles. The lowest BCUT2D eigenvalue weighted by atomic mass is 9.80. The molecule has 0 aromatic heterocycles. The molecule has 0 amide bonds. The van der Waals surface area contributed by atoms with Gasteiger partial charge in [-0.15, -0.1) is 0 Å². The fourth-order valence-corrected chi connectivity index (χ4v) is 2.62. The molecule has 3 N–H and O–H groups in total. The van der Waals surface area contributed by atoms with Crippen LogP contribution in [0.1, 0.15) is 25.7 Å². The molecule has 8 heteroatoms. The van der Waals surface area contributed by atoms with Gasteiger partial charge >= 0.3 is 6.18 Å². The first-order chi connectivity index (χ1) is 7.78. The maximum absolute atomic E-state index is 13.0. The van der Waals surface area contributed by atoms with Gasteiger partial charge in [0.25, 0.3) is 5.72 Å². The van der Waals surface area contributed by atoms with E-state index in [0.29, 0.717) is 23.6 Å². The maximum atomic E-state index is 13.0. The molecule has 1 aliphatic carbocycles. The second-order valence-corrected chi connectivity index (χ2v) is 4.68. The van der Waals surface area contributed by atoms with E-state index in [0.717, 1.165) is 6.42 Å². The monoisotopic (exact) mass is 267 g/mol. The second kappa shape index (κ2) is 3.81. The zero-order valence-corrected chi connectivity index (χ0v) is 9.68. The summed E-state index contributed by atoms with van der Waals surface area (Å²) >= 11 is 4.53. The summed E-state index contributed by atoms with van der Waals surface area (Å²) in [6.07, 6.45) is -2.75. The average Bonchev–Trinajstić information content (AvgIpc) is 2.54. The van der Waals surface area contributed by atoms with E-state index < -0.39 is 22.9 Å². The Morgan fingerprint density at radius 1 is 1.53 bits per heavy atom. The van der Waals surface area contributed by atoms with E-state index in [1.165, 1.54) is 0 Å². The molecule has 0 bridgehead atoms. The van der Waals surface area contributed by atoms with Crippen molar-refractivity contribution in [1.29, 1.82) is 0 Å². The predicted octanol–water partition coefficient (Wildman–Crippen LogP) is 1.34. The van der Waals surface area contributed by atoms with Gasteiger partial charge < -0.3 is 10.8 Å². The van der Waals surface area contributed by atoms with E-state index in [2.05, 4.69) is 17.3 Å². The van der Waals surface area contributed by atoms with E-state index in [1.54, 1.807) is 0 Å². The molecule has 1 aliphatic heterocycles. The minimum Gasteiger partial charge on any atom is -0.375 e. The zero-order valence-electron chi connectivity index (χ0n) is 8.87. The standard InChI is InChI=1S/C9H12F3N3OS/c10-9(11,12)8(16)5-3-1-2-4-6(5)14-15(8)7(13)17/h5,16H,1-4H2,(H2,13,17)/t5-,8-/m0/s1. The Morgan fingerprint density at radius 3 is 2.71 bits per heavy atom. The minimum absolute atomic E-state index is 0.244. The van der Waals surface area contributed by atoms with Gasteiger partial charge in [0.05, 0.1) is 5.92 Å². The van der Waals surface area contributed by atoms with Crippen LogP contribution >= 0.6 is 12.2 Å². The van der Waals surface area contributed by atoms with Gasteiger partial charge in [-0.3, -0.25) is 0 Å². The minimum atomic E-state index is -4.84. The molecule has 0 spiro atoms. The number of hydrogen-bond acceptors (Lipinski definition) is 3. The molecule has 0 aromatic rings.